The first-order valence-electron chi connectivity index (χ1n) is 8.81. The molecular formula is C19H29N3O3. The molecule has 138 valence electrons. The average Bonchev–Trinajstić information content (AvgIpc) is 3.08. The molecule has 1 aromatic rings. The third-order valence-corrected chi connectivity index (χ3v) is 5.52. The Labute approximate surface area is 149 Å². The molecule has 0 spiro atoms. The summed E-state index contributed by atoms with van der Waals surface area (Å²) in [5.41, 5.74) is 1.23. The molecule has 1 aliphatic heterocycles. The van der Waals surface area contributed by atoms with Gasteiger partial charge in [0.2, 0.25) is 0 Å². The fraction of sp³-hybridized carbons (Fsp3) is 0.632. The van der Waals surface area contributed by atoms with Crippen LogP contribution >= 0.6 is 0 Å². The maximum absolute atomic E-state index is 5.86. The number of hydrogen-bond acceptors (Lipinski definition) is 4. The van der Waals surface area contributed by atoms with Crippen LogP contribution in [-0.2, 0) is 11.3 Å². The molecule has 1 aromatic carbocycles. The van der Waals surface area contributed by atoms with Crippen LogP contribution in [0, 0.1) is 11.3 Å². The predicted octanol–water partition coefficient (Wildman–Crippen LogP) is 2.18. The van der Waals surface area contributed by atoms with Crippen LogP contribution in [0.1, 0.15) is 25.8 Å². The molecule has 6 nitrogen and oxygen atoms in total. The van der Waals surface area contributed by atoms with Crippen LogP contribution in [0.3, 0.4) is 0 Å². The normalized spacial score (nSPS) is 27.2. The lowest BCUT2D eigenvalue weighted by atomic mass is 9.57. The van der Waals surface area contributed by atoms with E-state index in [9.17, 15) is 0 Å². The molecule has 2 N–H and O–H groups in total. The zero-order chi connectivity index (χ0) is 18.0. The molecule has 25 heavy (non-hydrogen) atoms. The minimum Gasteiger partial charge on any atom is -0.493 e. The number of benzene rings is 1. The van der Waals surface area contributed by atoms with Crippen molar-refractivity contribution in [1.29, 1.82) is 0 Å². The van der Waals surface area contributed by atoms with Gasteiger partial charge in [-0.2, -0.15) is 0 Å². The molecule has 0 amide bonds. The Hall–Kier alpha value is -1.95. The van der Waals surface area contributed by atoms with Crippen LogP contribution in [0.2, 0.25) is 0 Å². The van der Waals surface area contributed by atoms with E-state index in [1.54, 1.807) is 21.3 Å². The highest BCUT2D eigenvalue weighted by Gasteiger charge is 2.59. The molecule has 2 fully saturated rings. The summed E-state index contributed by atoms with van der Waals surface area (Å²) in [7, 11) is 5.09. The molecule has 1 saturated carbocycles. The lowest BCUT2D eigenvalue weighted by Gasteiger charge is -2.54. The fourth-order valence-corrected chi connectivity index (χ4v) is 4.14. The monoisotopic (exact) mass is 347 g/mol. The number of ether oxygens (including phenoxy) is 3. The van der Waals surface area contributed by atoms with Crippen molar-refractivity contribution in [2.24, 2.45) is 16.3 Å². The van der Waals surface area contributed by atoms with Gasteiger partial charge in [-0.25, -0.2) is 0 Å². The molecule has 0 aromatic heterocycles. The van der Waals surface area contributed by atoms with Gasteiger partial charge >= 0.3 is 0 Å². The van der Waals surface area contributed by atoms with Crippen LogP contribution in [-0.4, -0.2) is 46.0 Å². The Kier molecular flexibility index (Phi) is 5.08. The Bertz CT molecular complexity index is 645. The first-order chi connectivity index (χ1) is 12.0. The number of guanidine groups is 1. The minimum absolute atomic E-state index is 0.127. The molecule has 0 radical (unpaired) electrons. The molecule has 1 heterocycles. The first kappa shape index (κ1) is 17.9. The van der Waals surface area contributed by atoms with Gasteiger partial charge in [-0.15, -0.1) is 0 Å². The SMILES string of the molecule is CN=C(NCc1ccc(OC)c(OC)c1)NC1C2CCOC2C1(C)C. The number of aliphatic imine (C=N–C) groups is 1. The number of rotatable bonds is 5. The number of hydrogen-bond donors (Lipinski definition) is 2. The van der Waals surface area contributed by atoms with Crippen LogP contribution in [0.25, 0.3) is 0 Å². The van der Waals surface area contributed by atoms with Gasteiger partial charge in [-0.3, -0.25) is 4.99 Å². The summed E-state index contributed by atoms with van der Waals surface area (Å²) in [6.45, 7) is 6.06. The zero-order valence-electron chi connectivity index (χ0n) is 15.8. The predicted molar refractivity (Wildman–Crippen MR) is 98.3 cm³/mol. The van der Waals surface area contributed by atoms with E-state index in [1.807, 2.05) is 18.2 Å². The third-order valence-electron chi connectivity index (χ3n) is 5.52. The summed E-state index contributed by atoms with van der Waals surface area (Å²) in [6.07, 6.45) is 1.49. The van der Waals surface area contributed by atoms with Gasteiger partial charge in [-0.1, -0.05) is 19.9 Å². The van der Waals surface area contributed by atoms with Crippen molar-refractivity contribution in [1.82, 2.24) is 10.6 Å². The Morgan fingerprint density at radius 1 is 1.28 bits per heavy atom. The van der Waals surface area contributed by atoms with Crippen molar-refractivity contribution in [2.75, 3.05) is 27.9 Å². The lowest BCUT2D eigenvalue weighted by molar-refractivity contribution is -0.106. The van der Waals surface area contributed by atoms with Crippen molar-refractivity contribution < 1.29 is 14.2 Å². The van der Waals surface area contributed by atoms with E-state index >= 15 is 0 Å². The van der Waals surface area contributed by atoms with Gasteiger partial charge in [0.05, 0.1) is 20.3 Å². The summed E-state index contributed by atoms with van der Waals surface area (Å²) in [5.74, 6) is 2.86. The quantitative estimate of drug-likeness (QED) is 0.631. The van der Waals surface area contributed by atoms with E-state index in [-0.39, 0.29) is 5.41 Å². The number of methoxy groups -OCH3 is 2. The standard InChI is InChI=1S/C19H29N3O3/c1-19(2)16(13-8-9-25-17(13)19)22-18(20-3)21-11-12-6-7-14(23-4)15(10-12)24-5/h6-7,10,13,16-17H,8-9,11H2,1-5H3,(H2,20,21,22). The average molecular weight is 347 g/mol. The number of fused-ring (bicyclic) bond motifs is 1. The Morgan fingerprint density at radius 2 is 2.04 bits per heavy atom. The highest BCUT2D eigenvalue weighted by Crippen LogP contribution is 2.52. The molecule has 0 bridgehead atoms. The molecule has 6 heteroatoms. The molecule has 3 unspecified atom stereocenters. The maximum Gasteiger partial charge on any atom is 0.191 e. The lowest BCUT2D eigenvalue weighted by Crippen LogP contribution is -2.67. The Balaban J connectivity index is 1.60. The van der Waals surface area contributed by atoms with E-state index in [1.165, 1.54) is 0 Å². The van der Waals surface area contributed by atoms with Gasteiger partial charge < -0.3 is 24.8 Å². The summed E-state index contributed by atoms with van der Waals surface area (Å²) >= 11 is 0. The Morgan fingerprint density at radius 3 is 2.72 bits per heavy atom. The summed E-state index contributed by atoms with van der Waals surface area (Å²) in [4.78, 5) is 4.38. The van der Waals surface area contributed by atoms with Gasteiger partial charge in [0.25, 0.3) is 0 Å². The molecule has 2 aliphatic rings. The van der Waals surface area contributed by atoms with Gasteiger partial charge in [0.15, 0.2) is 17.5 Å². The van der Waals surface area contributed by atoms with Crippen molar-refractivity contribution in [3.8, 4) is 11.5 Å². The summed E-state index contributed by atoms with van der Waals surface area (Å²) in [5, 5.41) is 6.98. The van der Waals surface area contributed by atoms with Crippen molar-refractivity contribution in [3.05, 3.63) is 23.8 Å². The van der Waals surface area contributed by atoms with E-state index in [4.69, 9.17) is 14.2 Å². The minimum atomic E-state index is 0.127. The van der Waals surface area contributed by atoms with Crippen molar-refractivity contribution in [3.63, 3.8) is 0 Å². The van der Waals surface area contributed by atoms with Gasteiger partial charge in [0, 0.05) is 37.6 Å². The van der Waals surface area contributed by atoms with Gasteiger partial charge in [-0.05, 0) is 24.1 Å². The fourth-order valence-electron chi connectivity index (χ4n) is 4.14. The molecule has 3 rings (SSSR count). The second kappa shape index (κ2) is 7.12. The third kappa shape index (κ3) is 3.27. The highest BCUT2D eigenvalue weighted by atomic mass is 16.5. The van der Waals surface area contributed by atoms with Crippen LogP contribution < -0.4 is 20.1 Å². The highest BCUT2D eigenvalue weighted by molar-refractivity contribution is 5.80. The van der Waals surface area contributed by atoms with Crippen molar-refractivity contribution >= 4 is 5.96 Å². The zero-order valence-corrected chi connectivity index (χ0v) is 15.8. The first-order valence-corrected chi connectivity index (χ1v) is 8.81. The second-order valence-electron chi connectivity index (χ2n) is 7.30. The topological polar surface area (TPSA) is 64.1 Å². The van der Waals surface area contributed by atoms with E-state index in [0.29, 0.717) is 24.6 Å². The van der Waals surface area contributed by atoms with Crippen LogP contribution in [0.4, 0.5) is 0 Å². The smallest absolute Gasteiger partial charge is 0.191 e. The largest absolute Gasteiger partial charge is 0.493 e. The van der Waals surface area contributed by atoms with E-state index in [0.717, 1.165) is 36.0 Å². The maximum atomic E-state index is 5.86. The van der Waals surface area contributed by atoms with Crippen LogP contribution in [0.5, 0.6) is 11.5 Å². The summed E-state index contributed by atoms with van der Waals surface area (Å²) < 4.78 is 16.5. The number of nitrogens with one attached hydrogen (secondary N) is 2. The number of nitrogens with zero attached hydrogens (tertiary/aromatic N) is 1. The van der Waals surface area contributed by atoms with E-state index < -0.39 is 0 Å². The molecule has 3 atom stereocenters. The van der Waals surface area contributed by atoms with E-state index in [2.05, 4.69) is 29.5 Å². The molecular weight excluding hydrogens is 318 g/mol. The summed E-state index contributed by atoms with van der Waals surface area (Å²) in [6, 6.07) is 6.31. The van der Waals surface area contributed by atoms with Crippen LogP contribution in [0.15, 0.2) is 23.2 Å². The van der Waals surface area contributed by atoms with Gasteiger partial charge in [0.1, 0.15) is 0 Å². The van der Waals surface area contributed by atoms with Crippen molar-refractivity contribution in [2.45, 2.75) is 39.0 Å². The second-order valence-corrected chi connectivity index (χ2v) is 7.30. The molecule has 1 aliphatic carbocycles. The molecule has 1 saturated heterocycles.